The average Bonchev–Trinajstić information content (AvgIpc) is 3.11. The zero-order chi connectivity index (χ0) is 13.8. The van der Waals surface area contributed by atoms with Crippen molar-refractivity contribution in [1.29, 1.82) is 0 Å². The van der Waals surface area contributed by atoms with E-state index in [2.05, 4.69) is 26.9 Å². The number of aromatic nitrogens is 2. The molecular formula is C15H26N4O. The van der Waals surface area contributed by atoms with Gasteiger partial charge in [0, 0.05) is 26.1 Å². The Morgan fingerprint density at radius 2 is 2.00 bits per heavy atom. The molecule has 5 heteroatoms. The van der Waals surface area contributed by atoms with Crippen LogP contribution in [0.25, 0.3) is 0 Å². The van der Waals surface area contributed by atoms with E-state index < -0.39 is 0 Å². The molecule has 2 saturated heterocycles. The summed E-state index contributed by atoms with van der Waals surface area (Å²) in [6.07, 6.45) is 7.27. The first-order chi connectivity index (χ1) is 9.85. The van der Waals surface area contributed by atoms with Crippen molar-refractivity contribution < 1.29 is 4.42 Å². The molecule has 0 N–H and O–H groups in total. The van der Waals surface area contributed by atoms with Crippen LogP contribution in [0.5, 0.6) is 0 Å². The molecule has 1 atom stereocenters. The zero-order valence-electron chi connectivity index (χ0n) is 12.6. The fourth-order valence-electron chi connectivity index (χ4n) is 3.41. The van der Waals surface area contributed by atoms with E-state index in [1.807, 2.05) is 0 Å². The van der Waals surface area contributed by atoms with Gasteiger partial charge in [0.05, 0.1) is 0 Å². The molecule has 2 fully saturated rings. The second-order valence-corrected chi connectivity index (χ2v) is 6.19. The monoisotopic (exact) mass is 278 g/mol. The van der Waals surface area contributed by atoms with Gasteiger partial charge < -0.3 is 14.2 Å². The third-order valence-electron chi connectivity index (χ3n) is 4.42. The van der Waals surface area contributed by atoms with E-state index in [0.717, 1.165) is 43.8 Å². The SMILES string of the molecule is CCCc1nnc(N2CCC[C@H](CN3CCCC3)C2)o1. The lowest BCUT2D eigenvalue weighted by molar-refractivity contribution is 0.252. The molecule has 5 nitrogen and oxygen atoms in total. The van der Waals surface area contributed by atoms with Crippen molar-refractivity contribution in [2.75, 3.05) is 37.6 Å². The van der Waals surface area contributed by atoms with Gasteiger partial charge in [-0.1, -0.05) is 12.0 Å². The summed E-state index contributed by atoms with van der Waals surface area (Å²) >= 11 is 0. The smallest absolute Gasteiger partial charge is 0.318 e. The van der Waals surface area contributed by atoms with E-state index in [9.17, 15) is 0 Å². The maximum atomic E-state index is 5.77. The largest absolute Gasteiger partial charge is 0.408 e. The summed E-state index contributed by atoms with van der Waals surface area (Å²) < 4.78 is 5.77. The summed E-state index contributed by atoms with van der Waals surface area (Å²) in [7, 11) is 0. The van der Waals surface area contributed by atoms with Gasteiger partial charge in [-0.2, -0.15) is 0 Å². The highest BCUT2D eigenvalue weighted by Gasteiger charge is 2.26. The number of rotatable bonds is 5. The molecule has 2 aliphatic heterocycles. The Morgan fingerprint density at radius 3 is 2.80 bits per heavy atom. The summed E-state index contributed by atoms with van der Waals surface area (Å²) in [6, 6.07) is 0.736. The van der Waals surface area contributed by atoms with Crippen LogP contribution in [0.4, 0.5) is 6.01 Å². The minimum atomic E-state index is 0.736. The van der Waals surface area contributed by atoms with Crippen LogP contribution in [0.2, 0.25) is 0 Å². The van der Waals surface area contributed by atoms with E-state index in [4.69, 9.17) is 4.42 Å². The number of nitrogens with zero attached hydrogens (tertiary/aromatic N) is 4. The van der Waals surface area contributed by atoms with Crippen molar-refractivity contribution in [2.24, 2.45) is 5.92 Å². The Hall–Kier alpha value is -1.10. The fraction of sp³-hybridized carbons (Fsp3) is 0.867. The molecule has 0 bridgehead atoms. The highest BCUT2D eigenvalue weighted by Crippen LogP contribution is 2.24. The molecule has 0 saturated carbocycles. The lowest BCUT2D eigenvalue weighted by Gasteiger charge is -2.33. The molecule has 1 aromatic rings. The molecule has 0 aromatic carbocycles. The molecule has 0 amide bonds. The molecule has 3 rings (SSSR count). The number of piperidine rings is 1. The summed E-state index contributed by atoms with van der Waals surface area (Å²) in [6.45, 7) is 8.09. The van der Waals surface area contributed by atoms with Gasteiger partial charge in [0.15, 0.2) is 0 Å². The Balaban J connectivity index is 1.56. The van der Waals surface area contributed by atoms with E-state index >= 15 is 0 Å². The van der Waals surface area contributed by atoms with Crippen LogP contribution < -0.4 is 4.90 Å². The second kappa shape index (κ2) is 6.57. The Labute approximate surface area is 121 Å². The van der Waals surface area contributed by atoms with Gasteiger partial charge in [-0.25, -0.2) is 0 Å². The van der Waals surface area contributed by atoms with Crippen LogP contribution in [-0.2, 0) is 6.42 Å². The van der Waals surface area contributed by atoms with Gasteiger partial charge in [0.2, 0.25) is 5.89 Å². The van der Waals surface area contributed by atoms with Crippen molar-refractivity contribution in [3.8, 4) is 0 Å². The van der Waals surface area contributed by atoms with Crippen molar-refractivity contribution >= 4 is 6.01 Å². The first-order valence-corrected chi connectivity index (χ1v) is 8.15. The van der Waals surface area contributed by atoms with Gasteiger partial charge in [-0.15, -0.1) is 5.10 Å². The summed E-state index contributed by atoms with van der Waals surface area (Å²) in [5.41, 5.74) is 0. The highest BCUT2D eigenvalue weighted by atomic mass is 16.4. The number of hydrogen-bond donors (Lipinski definition) is 0. The average molecular weight is 278 g/mol. The Bertz CT molecular complexity index is 414. The minimum absolute atomic E-state index is 0.736. The zero-order valence-corrected chi connectivity index (χ0v) is 12.6. The van der Waals surface area contributed by atoms with Gasteiger partial charge in [-0.05, 0) is 51.1 Å². The summed E-state index contributed by atoms with van der Waals surface area (Å²) in [5.74, 6) is 1.53. The third-order valence-corrected chi connectivity index (χ3v) is 4.42. The van der Waals surface area contributed by atoms with E-state index in [-0.39, 0.29) is 0 Å². The third kappa shape index (κ3) is 3.32. The molecule has 112 valence electrons. The number of anilines is 1. The lowest BCUT2D eigenvalue weighted by Crippen LogP contribution is -2.40. The van der Waals surface area contributed by atoms with Gasteiger partial charge in [0.1, 0.15) is 0 Å². The minimum Gasteiger partial charge on any atom is -0.408 e. The van der Waals surface area contributed by atoms with Crippen molar-refractivity contribution in [3.05, 3.63) is 5.89 Å². The van der Waals surface area contributed by atoms with Crippen LogP contribution in [0.3, 0.4) is 0 Å². The number of aryl methyl sites for hydroxylation is 1. The summed E-state index contributed by atoms with van der Waals surface area (Å²) in [4.78, 5) is 4.90. The number of hydrogen-bond acceptors (Lipinski definition) is 5. The normalized spacial score (nSPS) is 24.4. The molecule has 3 heterocycles. The molecule has 2 aliphatic rings. The van der Waals surface area contributed by atoms with Crippen LogP contribution >= 0.6 is 0 Å². The molecule has 0 aliphatic carbocycles. The lowest BCUT2D eigenvalue weighted by atomic mass is 9.98. The molecule has 1 aromatic heterocycles. The van der Waals surface area contributed by atoms with Gasteiger partial charge in [0.25, 0.3) is 0 Å². The Morgan fingerprint density at radius 1 is 1.15 bits per heavy atom. The summed E-state index contributed by atoms with van der Waals surface area (Å²) in [5, 5.41) is 8.36. The van der Waals surface area contributed by atoms with Crippen LogP contribution in [0, 0.1) is 5.92 Å². The first-order valence-electron chi connectivity index (χ1n) is 8.15. The maximum absolute atomic E-state index is 5.77. The fourth-order valence-corrected chi connectivity index (χ4v) is 3.41. The Kier molecular flexibility index (Phi) is 4.55. The van der Waals surface area contributed by atoms with E-state index in [1.165, 1.54) is 45.3 Å². The van der Waals surface area contributed by atoms with Crippen molar-refractivity contribution in [1.82, 2.24) is 15.1 Å². The van der Waals surface area contributed by atoms with Gasteiger partial charge >= 0.3 is 6.01 Å². The molecule has 0 unspecified atom stereocenters. The van der Waals surface area contributed by atoms with Gasteiger partial charge in [-0.3, -0.25) is 0 Å². The standard InChI is InChI=1S/C15H26N4O/c1-2-6-14-16-17-15(20-14)19-10-5-7-13(12-19)11-18-8-3-4-9-18/h13H,2-12H2,1H3/t13-/m1/s1. The predicted octanol–water partition coefficient (Wildman–Crippen LogP) is 2.33. The molecular weight excluding hydrogens is 252 g/mol. The molecule has 20 heavy (non-hydrogen) atoms. The van der Waals surface area contributed by atoms with Crippen LogP contribution in [-0.4, -0.2) is 47.8 Å². The predicted molar refractivity (Wildman–Crippen MR) is 78.9 cm³/mol. The van der Waals surface area contributed by atoms with E-state index in [1.54, 1.807) is 0 Å². The first kappa shape index (κ1) is 13.9. The topological polar surface area (TPSA) is 45.4 Å². The quantitative estimate of drug-likeness (QED) is 0.827. The maximum Gasteiger partial charge on any atom is 0.318 e. The van der Waals surface area contributed by atoms with Crippen molar-refractivity contribution in [2.45, 2.75) is 45.4 Å². The van der Waals surface area contributed by atoms with Crippen molar-refractivity contribution in [3.63, 3.8) is 0 Å². The second-order valence-electron chi connectivity index (χ2n) is 6.19. The van der Waals surface area contributed by atoms with E-state index in [0.29, 0.717) is 0 Å². The number of likely N-dealkylation sites (tertiary alicyclic amines) is 1. The highest BCUT2D eigenvalue weighted by molar-refractivity contribution is 5.25. The molecule has 0 radical (unpaired) electrons. The van der Waals surface area contributed by atoms with Crippen LogP contribution in [0.1, 0.15) is 44.9 Å². The molecule has 0 spiro atoms. The van der Waals surface area contributed by atoms with Crippen LogP contribution in [0.15, 0.2) is 4.42 Å².